The molecule has 5 heteroatoms. The van der Waals surface area contributed by atoms with Crippen LogP contribution in [0.4, 0.5) is 4.39 Å². The second-order valence-electron chi connectivity index (χ2n) is 5.57. The van der Waals surface area contributed by atoms with Crippen molar-refractivity contribution in [1.82, 2.24) is 14.2 Å². The lowest BCUT2D eigenvalue weighted by Gasteiger charge is -2.03. The summed E-state index contributed by atoms with van der Waals surface area (Å²) in [7, 11) is 0. The molecule has 21 heavy (non-hydrogen) atoms. The number of halogens is 1. The first-order valence-corrected chi connectivity index (χ1v) is 7.05. The molecule has 0 atom stereocenters. The number of rotatable bonds is 3. The second-order valence-corrected chi connectivity index (χ2v) is 5.57. The molecule has 0 aliphatic heterocycles. The van der Waals surface area contributed by atoms with Crippen LogP contribution >= 0.6 is 0 Å². The summed E-state index contributed by atoms with van der Waals surface area (Å²) < 4.78 is 16.3. The molecule has 1 aliphatic rings. The molecule has 2 aromatic heterocycles. The van der Waals surface area contributed by atoms with E-state index in [9.17, 15) is 9.18 Å². The third-order valence-electron chi connectivity index (χ3n) is 3.90. The van der Waals surface area contributed by atoms with E-state index in [1.54, 1.807) is 39.7 Å². The number of hydrogen-bond acceptors (Lipinski definition) is 2. The van der Waals surface area contributed by atoms with Gasteiger partial charge in [0.15, 0.2) is 0 Å². The number of fused-ring (bicyclic) bond motifs is 1. The summed E-state index contributed by atoms with van der Waals surface area (Å²) in [4.78, 5) is 12.4. The van der Waals surface area contributed by atoms with Crippen molar-refractivity contribution in [2.24, 2.45) is 5.92 Å². The maximum absolute atomic E-state index is 13.0. The Morgan fingerprint density at radius 2 is 1.95 bits per heavy atom. The topological polar surface area (TPSA) is 39.3 Å². The normalized spacial score (nSPS) is 14.7. The predicted molar refractivity (Wildman–Crippen MR) is 77.6 cm³/mol. The van der Waals surface area contributed by atoms with Crippen LogP contribution in [0.2, 0.25) is 0 Å². The molecule has 0 radical (unpaired) electrons. The highest BCUT2D eigenvalue weighted by Gasteiger charge is 2.22. The highest BCUT2D eigenvalue weighted by atomic mass is 19.1. The van der Waals surface area contributed by atoms with Gasteiger partial charge < -0.3 is 4.57 Å². The van der Waals surface area contributed by atoms with Crippen LogP contribution in [0.15, 0.2) is 47.5 Å². The van der Waals surface area contributed by atoms with Crippen molar-refractivity contribution in [1.29, 1.82) is 0 Å². The molecule has 1 fully saturated rings. The molecule has 2 heterocycles. The first-order chi connectivity index (χ1) is 10.2. The molecule has 1 saturated carbocycles. The molecular weight excluding hydrogens is 269 g/mol. The molecule has 0 saturated heterocycles. The summed E-state index contributed by atoms with van der Waals surface area (Å²) in [5, 5.41) is 4.39. The summed E-state index contributed by atoms with van der Waals surface area (Å²) in [6.07, 6.45) is 6.00. The van der Waals surface area contributed by atoms with E-state index in [0.717, 1.165) is 12.1 Å². The highest BCUT2D eigenvalue weighted by Crippen LogP contribution is 2.30. The van der Waals surface area contributed by atoms with Crippen LogP contribution in [0, 0.1) is 11.7 Å². The third kappa shape index (κ3) is 2.24. The van der Waals surface area contributed by atoms with Crippen LogP contribution in [-0.2, 0) is 6.54 Å². The van der Waals surface area contributed by atoms with Gasteiger partial charge in [0, 0.05) is 24.5 Å². The third-order valence-corrected chi connectivity index (χ3v) is 3.90. The minimum absolute atomic E-state index is 0.0229. The summed E-state index contributed by atoms with van der Waals surface area (Å²) in [5.41, 5.74) is 2.01. The predicted octanol–water partition coefficient (Wildman–Crippen LogP) is 2.71. The molecule has 0 amide bonds. The average Bonchev–Trinajstić information content (AvgIpc) is 3.19. The lowest BCUT2D eigenvalue weighted by molar-refractivity contribution is 0.603. The van der Waals surface area contributed by atoms with Gasteiger partial charge in [0.25, 0.3) is 5.56 Å². The summed E-state index contributed by atoms with van der Waals surface area (Å²) in [6, 6.07) is 7.88. The molecule has 4 nitrogen and oxygen atoms in total. The molecule has 0 bridgehead atoms. The van der Waals surface area contributed by atoms with Crippen LogP contribution in [0.5, 0.6) is 0 Å². The van der Waals surface area contributed by atoms with Gasteiger partial charge in [-0.2, -0.15) is 5.10 Å². The van der Waals surface area contributed by atoms with Crippen molar-refractivity contribution < 1.29 is 4.39 Å². The van der Waals surface area contributed by atoms with Gasteiger partial charge in [-0.05, 0) is 49.1 Å². The largest absolute Gasteiger partial charge is 0.312 e. The van der Waals surface area contributed by atoms with Gasteiger partial charge in [0.1, 0.15) is 11.3 Å². The van der Waals surface area contributed by atoms with E-state index < -0.39 is 0 Å². The molecule has 1 aliphatic carbocycles. The Morgan fingerprint density at radius 1 is 1.19 bits per heavy atom. The zero-order valence-corrected chi connectivity index (χ0v) is 11.4. The van der Waals surface area contributed by atoms with Crippen LogP contribution in [-0.4, -0.2) is 14.2 Å². The summed E-state index contributed by atoms with van der Waals surface area (Å²) >= 11 is 0. The van der Waals surface area contributed by atoms with Crippen molar-refractivity contribution in [3.8, 4) is 11.3 Å². The maximum atomic E-state index is 13.0. The van der Waals surface area contributed by atoms with Crippen LogP contribution < -0.4 is 5.56 Å². The average molecular weight is 283 g/mol. The summed E-state index contributed by atoms with van der Waals surface area (Å²) in [6.45, 7) is 0.784. The van der Waals surface area contributed by atoms with Gasteiger partial charge >= 0.3 is 0 Å². The standard InChI is InChI=1S/C16H14FN3O/c17-13-5-3-12(4-6-13)14-9-15-16(21)19(10-11-1-2-11)7-8-20(15)18-14/h3-9,11H,1-2,10H2. The van der Waals surface area contributed by atoms with E-state index in [0.29, 0.717) is 17.1 Å². The Labute approximate surface area is 120 Å². The number of aromatic nitrogens is 3. The molecule has 0 N–H and O–H groups in total. The zero-order valence-electron chi connectivity index (χ0n) is 11.4. The summed E-state index contributed by atoms with van der Waals surface area (Å²) in [5.74, 6) is 0.360. The number of benzene rings is 1. The SMILES string of the molecule is O=c1c2cc(-c3ccc(F)cc3)nn2ccn1CC1CC1. The Balaban J connectivity index is 1.80. The van der Waals surface area contributed by atoms with Crippen LogP contribution in [0.25, 0.3) is 16.8 Å². The monoisotopic (exact) mass is 283 g/mol. The fraction of sp³-hybridized carbons (Fsp3) is 0.250. The quantitative estimate of drug-likeness (QED) is 0.741. The first kappa shape index (κ1) is 12.3. The minimum atomic E-state index is -0.283. The van der Waals surface area contributed by atoms with Gasteiger partial charge in [-0.25, -0.2) is 8.91 Å². The highest BCUT2D eigenvalue weighted by molar-refractivity contribution is 5.65. The lowest BCUT2D eigenvalue weighted by Crippen LogP contribution is -2.22. The van der Waals surface area contributed by atoms with E-state index in [1.165, 1.54) is 25.0 Å². The van der Waals surface area contributed by atoms with Gasteiger partial charge in [-0.3, -0.25) is 4.79 Å². The number of nitrogens with zero attached hydrogens (tertiary/aromatic N) is 3. The first-order valence-electron chi connectivity index (χ1n) is 7.05. The minimum Gasteiger partial charge on any atom is -0.312 e. The fourth-order valence-electron chi connectivity index (χ4n) is 2.51. The Bertz CT molecular complexity index is 859. The van der Waals surface area contributed by atoms with Crippen LogP contribution in [0.3, 0.4) is 0 Å². The van der Waals surface area contributed by atoms with E-state index >= 15 is 0 Å². The van der Waals surface area contributed by atoms with Crippen molar-refractivity contribution in [3.05, 3.63) is 58.9 Å². The molecule has 0 spiro atoms. The molecule has 3 aromatic rings. The van der Waals surface area contributed by atoms with Crippen molar-refractivity contribution in [2.45, 2.75) is 19.4 Å². The lowest BCUT2D eigenvalue weighted by atomic mass is 10.1. The second kappa shape index (κ2) is 4.55. The molecular formula is C16H14FN3O. The maximum Gasteiger partial charge on any atom is 0.276 e. The van der Waals surface area contributed by atoms with Crippen molar-refractivity contribution in [2.75, 3.05) is 0 Å². The Morgan fingerprint density at radius 3 is 2.67 bits per heavy atom. The molecule has 0 unspecified atom stereocenters. The van der Waals surface area contributed by atoms with Crippen molar-refractivity contribution >= 4 is 5.52 Å². The van der Waals surface area contributed by atoms with E-state index in [-0.39, 0.29) is 11.4 Å². The van der Waals surface area contributed by atoms with Gasteiger partial charge in [-0.1, -0.05) is 0 Å². The van der Waals surface area contributed by atoms with Gasteiger partial charge in [0.2, 0.25) is 0 Å². The Kier molecular flexibility index (Phi) is 2.67. The van der Waals surface area contributed by atoms with Gasteiger partial charge in [-0.15, -0.1) is 0 Å². The fourth-order valence-corrected chi connectivity index (χ4v) is 2.51. The Hall–Kier alpha value is -2.43. The van der Waals surface area contributed by atoms with E-state index in [2.05, 4.69) is 5.10 Å². The van der Waals surface area contributed by atoms with Gasteiger partial charge in [0.05, 0.1) is 5.69 Å². The van der Waals surface area contributed by atoms with Crippen LogP contribution in [0.1, 0.15) is 12.8 Å². The molecule has 4 rings (SSSR count). The molecule has 106 valence electrons. The van der Waals surface area contributed by atoms with E-state index in [1.807, 2.05) is 0 Å². The smallest absolute Gasteiger partial charge is 0.276 e. The zero-order chi connectivity index (χ0) is 14.4. The molecule has 1 aromatic carbocycles. The van der Waals surface area contributed by atoms with E-state index in [4.69, 9.17) is 0 Å². The number of hydrogen-bond donors (Lipinski definition) is 0. The van der Waals surface area contributed by atoms with Crippen molar-refractivity contribution in [3.63, 3.8) is 0 Å².